The zero-order chi connectivity index (χ0) is 16.9. The van der Waals surface area contributed by atoms with Crippen LogP contribution in [-0.4, -0.2) is 23.0 Å². The molecular formula is C17H17N3O3S. The first kappa shape index (κ1) is 16.2. The highest BCUT2D eigenvalue weighted by Crippen LogP contribution is 2.26. The molecule has 0 aliphatic carbocycles. The molecule has 0 aliphatic rings. The van der Waals surface area contributed by atoms with Gasteiger partial charge in [-0.1, -0.05) is 12.1 Å². The Morgan fingerprint density at radius 2 is 2.25 bits per heavy atom. The number of nitrogens with one attached hydrogen (secondary N) is 1. The number of thiophene rings is 1. The number of pyridine rings is 1. The molecule has 0 aromatic carbocycles. The Morgan fingerprint density at radius 1 is 1.38 bits per heavy atom. The topological polar surface area (TPSA) is 77.2 Å². The number of methoxy groups -OCH3 is 1. The molecule has 1 amide bonds. The van der Waals surface area contributed by atoms with E-state index in [9.17, 15) is 4.79 Å². The van der Waals surface area contributed by atoms with Crippen molar-refractivity contribution in [1.29, 1.82) is 0 Å². The highest BCUT2D eigenvalue weighted by Gasteiger charge is 2.15. The number of ether oxygens (including phenoxy) is 1. The molecule has 0 aliphatic heterocycles. The van der Waals surface area contributed by atoms with Crippen LogP contribution in [0.25, 0.3) is 10.8 Å². The van der Waals surface area contributed by atoms with Crippen LogP contribution in [0.3, 0.4) is 0 Å². The number of carbonyl (C=O) groups excluding carboxylic acids is 1. The lowest BCUT2D eigenvalue weighted by Crippen LogP contribution is -2.25. The molecule has 3 aromatic rings. The summed E-state index contributed by atoms with van der Waals surface area (Å²) in [5.41, 5.74) is 1.47. The van der Waals surface area contributed by atoms with E-state index in [0.29, 0.717) is 29.8 Å². The fourth-order valence-electron chi connectivity index (χ4n) is 2.25. The highest BCUT2D eigenvalue weighted by atomic mass is 32.1. The van der Waals surface area contributed by atoms with E-state index in [0.717, 1.165) is 10.4 Å². The van der Waals surface area contributed by atoms with Gasteiger partial charge in [0, 0.05) is 18.3 Å². The molecule has 24 heavy (non-hydrogen) atoms. The summed E-state index contributed by atoms with van der Waals surface area (Å²) in [4.78, 5) is 21.7. The summed E-state index contributed by atoms with van der Waals surface area (Å²) in [7, 11) is 1.55. The number of aryl methyl sites for hydroxylation is 1. The van der Waals surface area contributed by atoms with Crippen LogP contribution in [0.1, 0.15) is 17.0 Å². The predicted octanol–water partition coefficient (Wildman–Crippen LogP) is 2.97. The number of hydrogen-bond donors (Lipinski definition) is 1. The van der Waals surface area contributed by atoms with Gasteiger partial charge in [-0.3, -0.25) is 4.79 Å². The van der Waals surface area contributed by atoms with Gasteiger partial charge in [-0.05, 0) is 24.4 Å². The molecule has 0 fully saturated rings. The van der Waals surface area contributed by atoms with Gasteiger partial charge in [0.2, 0.25) is 17.7 Å². The van der Waals surface area contributed by atoms with E-state index in [4.69, 9.17) is 9.15 Å². The van der Waals surface area contributed by atoms with Crippen molar-refractivity contribution in [2.45, 2.75) is 19.9 Å². The average molecular weight is 343 g/mol. The standard InChI is InChI=1S/C17H17N3O3S/c1-11-13(20-17(23-11)14-6-4-8-24-14)9-15(21)19-10-12-5-3-7-18-16(12)22-2/h3-8H,9-10H2,1-2H3,(H,19,21). The lowest BCUT2D eigenvalue weighted by atomic mass is 10.2. The van der Waals surface area contributed by atoms with E-state index < -0.39 is 0 Å². The molecule has 1 N–H and O–H groups in total. The first-order chi connectivity index (χ1) is 11.7. The van der Waals surface area contributed by atoms with Crippen LogP contribution < -0.4 is 10.1 Å². The quantitative estimate of drug-likeness (QED) is 0.744. The first-order valence-corrected chi connectivity index (χ1v) is 8.30. The van der Waals surface area contributed by atoms with Crippen LogP contribution in [0.4, 0.5) is 0 Å². The maximum Gasteiger partial charge on any atom is 0.236 e. The third kappa shape index (κ3) is 3.62. The second-order valence-corrected chi connectivity index (χ2v) is 6.07. The molecule has 0 bridgehead atoms. The summed E-state index contributed by atoms with van der Waals surface area (Å²) < 4.78 is 10.8. The van der Waals surface area contributed by atoms with Crippen LogP contribution in [0.2, 0.25) is 0 Å². The minimum absolute atomic E-state index is 0.130. The third-order valence-corrected chi connectivity index (χ3v) is 4.33. The average Bonchev–Trinajstić information content (AvgIpc) is 3.23. The molecule has 3 rings (SSSR count). The van der Waals surface area contributed by atoms with Gasteiger partial charge in [0.05, 0.1) is 24.1 Å². The number of rotatable bonds is 6. The molecule has 3 heterocycles. The summed E-state index contributed by atoms with van der Waals surface area (Å²) in [5, 5.41) is 4.82. The number of aromatic nitrogens is 2. The second-order valence-electron chi connectivity index (χ2n) is 5.12. The number of carbonyl (C=O) groups is 1. The maximum atomic E-state index is 12.2. The van der Waals surface area contributed by atoms with Gasteiger partial charge < -0.3 is 14.5 Å². The van der Waals surface area contributed by atoms with Gasteiger partial charge in [0.25, 0.3) is 0 Å². The van der Waals surface area contributed by atoms with Crippen LogP contribution in [0.15, 0.2) is 40.3 Å². The van der Waals surface area contributed by atoms with E-state index in [1.807, 2.05) is 30.5 Å². The Morgan fingerprint density at radius 3 is 3.00 bits per heavy atom. The van der Waals surface area contributed by atoms with Crippen molar-refractivity contribution in [3.63, 3.8) is 0 Å². The first-order valence-electron chi connectivity index (χ1n) is 7.42. The van der Waals surface area contributed by atoms with Crippen molar-refractivity contribution in [2.24, 2.45) is 0 Å². The van der Waals surface area contributed by atoms with E-state index in [-0.39, 0.29) is 12.3 Å². The Balaban J connectivity index is 1.63. The van der Waals surface area contributed by atoms with Crippen LogP contribution in [0, 0.1) is 6.92 Å². The van der Waals surface area contributed by atoms with Crippen LogP contribution in [0.5, 0.6) is 5.88 Å². The van der Waals surface area contributed by atoms with Crippen molar-refractivity contribution in [2.75, 3.05) is 7.11 Å². The minimum Gasteiger partial charge on any atom is -0.481 e. The number of amides is 1. The zero-order valence-corrected chi connectivity index (χ0v) is 14.2. The number of oxazole rings is 1. The molecule has 0 saturated carbocycles. The van der Waals surface area contributed by atoms with Crippen molar-refractivity contribution >= 4 is 17.2 Å². The Hall–Kier alpha value is -2.67. The lowest BCUT2D eigenvalue weighted by Gasteiger charge is -2.08. The molecular weight excluding hydrogens is 326 g/mol. The largest absolute Gasteiger partial charge is 0.481 e. The Labute approximate surface area is 143 Å². The Kier molecular flexibility index (Phi) is 4.90. The smallest absolute Gasteiger partial charge is 0.236 e. The van der Waals surface area contributed by atoms with Gasteiger partial charge in [0.15, 0.2) is 0 Å². The molecule has 0 saturated heterocycles. The Bertz CT molecular complexity index is 827. The van der Waals surface area contributed by atoms with E-state index >= 15 is 0 Å². The van der Waals surface area contributed by atoms with Crippen molar-refractivity contribution in [3.8, 4) is 16.6 Å². The van der Waals surface area contributed by atoms with Gasteiger partial charge in [0.1, 0.15) is 5.76 Å². The number of nitrogens with zero attached hydrogens (tertiary/aromatic N) is 2. The van der Waals surface area contributed by atoms with Gasteiger partial charge in [-0.2, -0.15) is 0 Å². The molecule has 3 aromatic heterocycles. The van der Waals surface area contributed by atoms with Gasteiger partial charge >= 0.3 is 0 Å². The van der Waals surface area contributed by atoms with Gasteiger partial charge in [-0.25, -0.2) is 9.97 Å². The fraction of sp³-hybridized carbons (Fsp3) is 0.235. The van der Waals surface area contributed by atoms with Crippen molar-refractivity contribution in [3.05, 3.63) is 52.9 Å². The molecule has 0 unspecified atom stereocenters. The second kappa shape index (κ2) is 7.27. The molecule has 6 nitrogen and oxygen atoms in total. The molecule has 0 radical (unpaired) electrons. The van der Waals surface area contributed by atoms with Crippen LogP contribution >= 0.6 is 11.3 Å². The predicted molar refractivity (Wildman–Crippen MR) is 90.9 cm³/mol. The molecule has 0 atom stereocenters. The molecule has 124 valence electrons. The summed E-state index contributed by atoms with van der Waals surface area (Å²) >= 11 is 1.55. The van der Waals surface area contributed by atoms with Crippen molar-refractivity contribution < 1.29 is 13.9 Å². The monoisotopic (exact) mass is 343 g/mol. The molecule has 7 heteroatoms. The zero-order valence-electron chi connectivity index (χ0n) is 13.4. The third-order valence-electron chi connectivity index (χ3n) is 3.47. The molecule has 0 spiro atoms. The van der Waals surface area contributed by atoms with Gasteiger partial charge in [-0.15, -0.1) is 11.3 Å². The SMILES string of the molecule is COc1ncccc1CNC(=O)Cc1nc(-c2cccs2)oc1C. The van der Waals surface area contributed by atoms with E-state index in [1.54, 1.807) is 30.7 Å². The van der Waals surface area contributed by atoms with Crippen molar-refractivity contribution in [1.82, 2.24) is 15.3 Å². The number of hydrogen-bond acceptors (Lipinski definition) is 6. The summed E-state index contributed by atoms with van der Waals surface area (Å²) in [6.07, 6.45) is 1.82. The lowest BCUT2D eigenvalue weighted by molar-refractivity contribution is -0.120. The van der Waals surface area contributed by atoms with E-state index in [1.165, 1.54) is 0 Å². The maximum absolute atomic E-state index is 12.2. The summed E-state index contributed by atoms with van der Waals surface area (Å²) in [6.45, 7) is 2.17. The van der Waals surface area contributed by atoms with E-state index in [2.05, 4.69) is 15.3 Å². The normalized spacial score (nSPS) is 10.6. The van der Waals surface area contributed by atoms with Crippen LogP contribution in [-0.2, 0) is 17.8 Å². The minimum atomic E-state index is -0.130. The highest BCUT2D eigenvalue weighted by molar-refractivity contribution is 7.13. The summed E-state index contributed by atoms with van der Waals surface area (Å²) in [5.74, 6) is 1.59. The summed E-state index contributed by atoms with van der Waals surface area (Å²) in [6, 6.07) is 7.54. The fourth-order valence-corrected chi connectivity index (χ4v) is 2.90.